The minimum Gasteiger partial charge on any atom is -0.491 e. The number of aromatic nitrogens is 2. The number of benzene rings is 2. The van der Waals surface area contributed by atoms with Crippen LogP contribution in [0.5, 0.6) is 5.75 Å². The first-order valence-corrected chi connectivity index (χ1v) is 8.91. The summed E-state index contributed by atoms with van der Waals surface area (Å²) in [6, 6.07) is 11.0. The lowest BCUT2D eigenvalue weighted by molar-refractivity contribution is 0.0935. The SMILES string of the molecule is CC(NC(=O)c1cccc2c1OCCNC2)c1n[nH]c2c(Cl)cccc12. The molecule has 0 saturated carbocycles. The van der Waals surface area contributed by atoms with Crippen molar-refractivity contribution in [1.82, 2.24) is 20.8 Å². The highest BCUT2D eigenvalue weighted by atomic mass is 35.5. The molecule has 0 spiro atoms. The average molecular weight is 371 g/mol. The minimum absolute atomic E-state index is 0.186. The number of H-pyrrole nitrogens is 1. The monoisotopic (exact) mass is 370 g/mol. The van der Waals surface area contributed by atoms with E-state index in [1.54, 1.807) is 12.1 Å². The second-order valence-corrected chi connectivity index (χ2v) is 6.69. The van der Waals surface area contributed by atoms with Crippen LogP contribution in [-0.4, -0.2) is 29.3 Å². The predicted octanol–water partition coefficient (Wildman–Crippen LogP) is 3.19. The van der Waals surface area contributed by atoms with Gasteiger partial charge in [0.2, 0.25) is 0 Å². The highest BCUT2D eigenvalue weighted by Gasteiger charge is 2.22. The third-order valence-corrected chi connectivity index (χ3v) is 4.83. The third kappa shape index (κ3) is 3.02. The fraction of sp³-hybridized carbons (Fsp3) is 0.263. The smallest absolute Gasteiger partial charge is 0.255 e. The molecular formula is C19H19ClN4O2. The molecule has 0 bridgehead atoms. The Morgan fingerprint density at radius 2 is 2.15 bits per heavy atom. The first kappa shape index (κ1) is 16.9. The number of fused-ring (bicyclic) bond motifs is 2. The quantitative estimate of drug-likeness (QED) is 0.661. The number of hydrogen-bond donors (Lipinski definition) is 3. The van der Waals surface area contributed by atoms with Gasteiger partial charge in [-0.1, -0.05) is 35.9 Å². The van der Waals surface area contributed by atoms with Gasteiger partial charge in [0.05, 0.1) is 27.8 Å². The average Bonchev–Trinajstić information content (AvgIpc) is 2.93. The summed E-state index contributed by atoms with van der Waals surface area (Å²) in [7, 11) is 0. The summed E-state index contributed by atoms with van der Waals surface area (Å²) in [5.74, 6) is 0.464. The molecule has 3 aromatic rings. The molecule has 0 radical (unpaired) electrons. The van der Waals surface area contributed by atoms with E-state index in [0.29, 0.717) is 29.5 Å². The van der Waals surface area contributed by atoms with Crippen LogP contribution in [0.2, 0.25) is 5.02 Å². The van der Waals surface area contributed by atoms with E-state index in [9.17, 15) is 4.79 Å². The topological polar surface area (TPSA) is 79.0 Å². The number of nitrogens with zero attached hydrogens (tertiary/aromatic N) is 1. The van der Waals surface area contributed by atoms with Crippen LogP contribution in [0.4, 0.5) is 0 Å². The van der Waals surface area contributed by atoms with Gasteiger partial charge in [-0.2, -0.15) is 5.10 Å². The van der Waals surface area contributed by atoms with Crippen molar-refractivity contribution < 1.29 is 9.53 Å². The number of carbonyl (C=O) groups excluding carboxylic acids is 1. The van der Waals surface area contributed by atoms with E-state index >= 15 is 0 Å². The Morgan fingerprint density at radius 1 is 1.31 bits per heavy atom. The van der Waals surface area contributed by atoms with Gasteiger partial charge in [-0.25, -0.2) is 0 Å². The Hall–Kier alpha value is -2.57. The lowest BCUT2D eigenvalue weighted by Crippen LogP contribution is -2.27. The van der Waals surface area contributed by atoms with Crippen molar-refractivity contribution >= 4 is 28.4 Å². The summed E-state index contributed by atoms with van der Waals surface area (Å²) >= 11 is 6.19. The number of para-hydroxylation sites is 2. The molecule has 2 heterocycles. The third-order valence-electron chi connectivity index (χ3n) is 4.52. The molecule has 4 rings (SSSR count). The fourth-order valence-corrected chi connectivity index (χ4v) is 3.44. The van der Waals surface area contributed by atoms with Crippen LogP contribution < -0.4 is 15.4 Å². The number of ether oxygens (including phenoxy) is 1. The number of rotatable bonds is 3. The summed E-state index contributed by atoms with van der Waals surface area (Å²) in [4.78, 5) is 12.9. The first-order valence-electron chi connectivity index (χ1n) is 8.54. The van der Waals surface area contributed by atoms with Gasteiger partial charge in [-0.3, -0.25) is 9.89 Å². The lowest BCUT2D eigenvalue weighted by Gasteiger charge is -2.16. The standard InChI is InChI=1S/C19H19ClN4O2/c1-11(16-13-5-3-7-15(20)17(13)24-23-16)22-19(25)14-6-2-4-12-10-21-8-9-26-18(12)14/h2-7,11,21H,8-10H2,1H3,(H,22,25)(H,23,24). The Bertz CT molecular complexity index is 969. The summed E-state index contributed by atoms with van der Waals surface area (Å²) in [6.07, 6.45) is 0. The van der Waals surface area contributed by atoms with Crippen molar-refractivity contribution in [3.63, 3.8) is 0 Å². The molecule has 1 aliphatic heterocycles. The molecular weight excluding hydrogens is 352 g/mol. The zero-order chi connectivity index (χ0) is 18.1. The molecule has 2 aromatic carbocycles. The molecule has 1 atom stereocenters. The van der Waals surface area contributed by atoms with Gasteiger partial charge in [0.1, 0.15) is 12.4 Å². The first-order chi connectivity index (χ1) is 12.6. The molecule has 1 aromatic heterocycles. The second kappa shape index (κ2) is 6.97. The predicted molar refractivity (Wildman–Crippen MR) is 101 cm³/mol. The molecule has 1 unspecified atom stereocenters. The second-order valence-electron chi connectivity index (χ2n) is 6.29. The highest BCUT2D eigenvalue weighted by Crippen LogP contribution is 2.29. The number of halogens is 1. The van der Waals surface area contributed by atoms with Crippen LogP contribution in [0.1, 0.15) is 34.6 Å². The van der Waals surface area contributed by atoms with Crippen LogP contribution in [0.25, 0.3) is 10.9 Å². The summed E-state index contributed by atoms with van der Waals surface area (Å²) < 4.78 is 5.80. The van der Waals surface area contributed by atoms with Crippen LogP contribution in [0.3, 0.4) is 0 Å². The molecule has 0 saturated heterocycles. The maximum absolute atomic E-state index is 12.9. The van der Waals surface area contributed by atoms with E-state index in [1.165, 1.54) is 0 Å². The van der Waals surface area contributed by atoms with Crippen LogP contribution in [0, 0.1) is 0 Å². The number of carbonyl (C=O) groups is 1. The Kier molecular flexibility index (Phi) is 4.53. The van der Waals surface area contributed by atoms with E-state index in [4.69, 9.17) is 16.3 Å². The molecule has 1 amide bonds. The van der Waals surface area contributed by atoms with E-state index in [1.807, 2.05) is 31.2 Å². The Morgan fingerprint density at radius 3 is 3.04 bits per heavy atom. The van der Waals surface area contributed by atoms with E-state index in [0.717, 1.165) is 28.7 Å². The molecule has 6 nitrogen and oxygen atoms in total. The number of aromatic amines is 1. The number of hydrogen-bond acceptors (Lipinski definition) is 4. The van der Waals surface area contributed by atoms with Crippen LogP contribution in [0.15, 0.2) is 36.4 Å². The molecule has 1 aliphatic rings. The van der Waals surface area contributed by atoms with Gasteiger partial charge in [0.25, 0.3) is 5.91 Å². The number of nitrogens with one attached hydrogen (secondary N) is 3. The zero-order valence-corrected chi connectivity index (χ0v) is 15.1. The van der Waals surface area contributed by atoms with Crippen LogP contribution >= 0.6 is 11.6 Å². The maximum Gasteiger partial charge on any atom is 0.255 e. The normalized spacial score (nSPS) is 15.0. The summed E-state index contributed by atoms with van der Waals surface area (Å²) in [6.45, 7) is 3.88. The number of amides is 1. The largest absolute Gasteiger partial charge is 0.491 e. The van der Waals surface area contributed by atoms with E-state index in [2.05, 4.69) is 20.8 Å². The van der Waals surface area contributed by atoms with Gasteiger partial charge in [0, 0.05) is 24.0 Å². The van der Waals surface area contributed by atoms with Gasteiger partial charge in [-0.15, -0.1) is 0 Å². The van der Waals surface area contributed by atoms with Gasteiger partial charge in [0.15, 0.2) is 0 Å². The molecule has 3 N–H and O–H groups in total. The van der Waals surface area contributed by atoms with Crippen molar-refractivity contribution in [3.8, 4) is 5.75 Å². The lowest BCUT2D eigenvalue weighted by atomic mass is 10.1. The highest BCUT2D eigenvalue weighted by molar-refractivity contribution is 6.35. The molecule has 26 heavy (non-hydrogen) atoms. The maximum atomic E-state index is 12.9. The van der Waals surface area contributed by atoms with Gasteiger partial charge < -0.3 is 15.4 Å². The van der Waals surface area contributed by atoms with E-state index in [-0.39, 0.29) is 11.9 Å². The summed E-state index contributed by atoms with van der Waals surface area (Å²) in [5.41, 5.74) is 3.05. The Labute approximate surface area is 155 Å². The van der Waals surface area contributed by atoms with Crippen molar-refractivity contribution in [2.45, 2.75) is 19.5 Å². The molecule has 0 fully saturated rings. The van der Waals surface area contributed by atoms with Crippen molar-refractivity contribution in [2.75, 3.05) is 13.2 Å². The summed E-state index contributed by atoms with van der Waals surface area (Å²) in [5, 5.41) is 15.1. The molecule has 0 aliphatic carbocycles. The van der Waals surface area contributed by atoms with Crippen molar-refractivity contribution in [1.29, 1.82) is 0 Å². The zero-order valence-electron chi connectivity index (χ0n) is 14.3. The fourth-order valence-electron chi connectivity index (χ4n) is 3.22. The van der Waals surface area contributed by atoms with E-state index < -0.39 is 0 Å². The van der Waals surface area contributed by atoms with Gasteiger partial charge >= 0.3 is 0 Å². The van der Waals surface area contributed by atoms with Crippen LogP contribution in [-0.2, 0) is 6.54 Å². The Balaban J connectivity index is 1.61. The molecule has 7 heteroatoms. The van der Waals surface area contributed by atoms with Crippen molar-refractivity contribution in [2.24, 2.45) is 0 Å². The van der Waals surface area contributed by atoms with Crippen molar-refractivity contribution in [3.05, 3.63) is 58.2 Å². The minimum atomic E-state index is -0.283. The van der Waals surface area contributed by atoms with Gasteiger partial charge in [-0.05, 0) is 19.1 Å². The molecule has 134 valence electrons.